The molecule has 0 saturated heterocycles. The normalized spacial score (nSPS) is 12.9. The van der Waals surface area contributed by atoms with E-state index in [9.17, 15) is 19.8 Å². The molecule has 3 N–H and O–H groups in total. The van der Waals surface area contributed by atoms with Crippen LogP contribution in [0.2, 0.25) is 0 Å². The van der Waals surface area contributed by atoms with Crippen LogP contribution in [0.1, 0.15) is 328 Å². The minimum Gasteiger partial charge on any atom is -0.466 e. The molecule has 0 aromatic rings. The zero-order chi connectivity index (χ0) is 51.4. The fourth-order valence-corrected chi connectivity index (χ4v) is 9.48. The molecule has 0 rings (SSSR count). The Bertz CT molecular complexity index is 1190. The second kappa shape index (κ2) is 60.4. The Morgan fingerprint density at radius 1 is 0.394 bits per heavy atom. The fourth-order valence-electron chi connectivity index (χ4n) is 9.48. The molecular formula is C65H121NO5. The molecule has 0 aliphatic heterocycles. The Labute approximate surface area is 442 Å². The van der Waals surface area contributed by atoms with Gasteiger partial charge in [0, 0.05) is 12.8 Å². The maximum atomic E-state index is 12.5. The van der Waals surface area contributed by atoms with E-state index in [1.54, 1.807) is 6.08 Å². The number of carbonyl (C=O) groups is 2. The van der Waals surface area contributed by atoms with E-state index in [4.69, 9.17) is 4.74 Å². The molecule has 2 unspecified atom stereocenters. The summed E-state index contributed by atoms with van der Waals surface area (Å²) in [4.78, 5) is 24.5. The maximum Gasteiger partial charge on any atom is 0.305 e. The highest BCUT2D eigenvalue weighted by atomic mass is 16.5. The molecule has 0 aliphatic carbocycles. The Kier molecular flexibility index (Phi) is 58.5. The summed E-state index contributed by atoms with van der Waals surface area (Å²) in [5.41, 5.74) is 0. The van der Waals surface area contributed by atoms with Gasteiger partial charge in [0.1, 0.15) is 0 Å². The van der Waals surface area contributed by atoms with Gasteiger partial charge in [0.2, 0.25) is 5.91 Å². The van der Waals surface area contributed by atoms with Crippen LogP contribution >= 0.6 is 0 Å². The summed E-state index contributed by atoms with van der Waals surface area (Å²) >= 11 is 0. The zero-order valence-corrected chi connectivity index (χ0v) is 47.5. The summed E-state index contributed by atoms with van der Waals surface area (Å²) in [5.74, 6) is -0.0801. The first-order valence-electron chi connectivity index (χ1n) is 31.4. The molecule has 0 heterocycles. The van der Waals surface area contributed by atoms with Crippen molar-refractivity contribution in [2.45, 2.75) is 341 Å². The van der Waals surface area contributed by atoms with Crippen molar-refractivity contribution >= 4 is 11.9 Å². The van der Waals surface area contributed by atoms with Crippen LogP contribution < -0.4 is 5.32 Å². The number of nitrogens with one attached hydrogen (secondary N) is 1. The third kappa shape index (κ3) is 57.0. The van der Waals surface area contributed by atoms with Crippen LogP contribution in [0.5, 0.6) is 0 Å². The van der Waals surface area contributed by atoms with Crippen LogP contribution in [-0.4, -0.2) is 47.4 Å². The van der Waals surface area contributed by atoms with Crippen LogP contribution in [-0.2, 0) is 14.3 Å². The third-order valence-corrected chi connectivity index (χ3v) is 14.3. The van der Waals surface area contributed by atoms with Gasteiger partial charge in [-0.25, -0.2) is 0 Å². The van der Waals surface area contributed by atoms with Gasteiger partial charge < -0.3 is 20.3 Å². The standard InChI is InChI=1S/C65H121NO5/c1-3-5-7-9-11-13-15-17-18-19-27-30-34-37-41-45-49-53-57-63(68)62(61-67)66-64(69)58-54-50-46-42-38-35-31-28-25-23-21-20-22-24-26-29-32-36-40-44-48-52-56-60-71-65(70)59-55-51-47-43-39-33-16-14-12-10-8-6-4-2/h14,16,20,22-23,25,53,57,62-63,67-68H,3-13,15,17-19,21,24,26-52,54-56,58-61H2,1-2H3,(H,66,69)/b16-14-,22-20-,25-23-,57-53+. The molecule has 1 amide bonds. The number of aliphatic hydroxyl groups is 2. The molecule has 0 spiro atoms. The number of allylic oxidation sites excluding steroid dienone is 7. The first-order valence-corrected chi connectivity index (χ1v) is 31.4. The summed E-state index contributed by atoms with van der Waals surface area (Å²) in [6.45, 7) is 4.89. The highest BCUT2D eigenvalue weighted by Crippen LogP contribution is 2.16. The van der Waals surface area contributed by atoms with Gasteiger partial charge in [-0.15, -0.1) is 0 Å². The lowest BCUT2D eigenvalue weighted by molar-refractivity contribution is -0.143. The molecule has 0 saturated carbocycles. The first-order chi connectivity index (χ1) is 35.0. The Morgan fingerprint density at radius 2 is 0.704 bits per heavy atom. The summed E-state index contributed by atoms with van der Waals surface area (Å²) in [5, 5.41) is 23.2. The number of unbranched alkanes of at least 4 members (excludes halogenated alkanes) is 41. The second-order valence-corrected chi connectivity index (χ2v) is 21.4. The van der Waals surface area contributed by atoms with E-state index >= 15 is 0 Å². The predicted molar refractivity (Wildman–Crippen MR) is 310 cm³/mol. The Balaban J connectivity index is 3.49. The lowest BCUT2D eigenvalue weighted by Gasteiger charge is -2.20. The summed E-state index contributed by atoms with van der Waals surface area (Å²) in [6.07, 6.45) is 77.2. The van der Waals surface area contributed by atoms with Crippen molar-refractivity contribution in [1.82, 2.24) is 5.32 Å². The molecule has 6 nitrogen and oxygen atoms in total. The van der Waals surface area contributed by atoms with E-state index in [2.05, 4.69) is 55.6 Å². The van der Waals surface area contributed by atoms with Crippen molar-refractivity contribution in [3.63, 3.8) is 0 Å². The Morgan fingerprint density at radius 3 is 1.10 bits per heavy atom. The Hall–Kier alpha value is -2.18. The maximum absolute atomic E-state index is 12.5. The number of esters is 1. The number of carbonyl (C=O) groups excluding carboxylic acids is 2. The third-order valence-electron chi connectivity index (χ3n) is 14.3. The van der Waals surface area contributed by atoms with E-state index in [0.29, 0.717) is 19.4 Å². The summed E-state index contributed by atoms with van der Waals surface area (Å²) < 4.78 is 5.47. The van der Waals surface area contributed by atoms with Gasteiger partial charge in [0.15, 0.2) is 0 Å². The predicted octanol–water partition coefficient (Wildman–Crippen LogP) is 19.7. The molecule has 0 radical (unpaired) electrons. The molecule has 0 aromatic carbocycles. The summed E-state index contributed by atoms with van der Waals surface area (Å²) in [6, 6.07) is -0.637. The summed E-state index contributed by atoms with van der Waals surface area (Å²) in [7, 11) is 0. The first kappa shape index (κ1) is 68.8. The molecule has 0 aromatic heterocycles. The average Bonchev–Trinajstić information content (AvgIpc) is 3.37. The molecule has 0 bridgehead atoms. The van der Waals surface area contributed by atoms with Gasteiger partial charge >= 0.3 is 5.97 Å². The highest BCUT2D eigenvalue weighted by Gasteiger charge is 2.18. The number of rotatable bonds is 58. The smallest absolute Gasteiger partial charge is 0.305 e. The van der Waals surface area contributed by atoms with Crippen LogP contribution in [0.25, 0.3) is 0 Å². The lowest BCUT2D eigenvalue weighted by Crippen LogP contribution is -2.45. The fraction of sp³-hybridized carbons (Fsp3) is 0.846. The van der Waals surface area contributed by atoms with Crippen LogP contribution in [0.15, 0.2) is 48.6 Å². The van der Waals surface area contributed by atoms with Gasteiger partial charge in [-0.05, 0) is 89.9 Å². The van der Waals surface area contributed by atoms with Crippen molar-refractivity contribution < 1.29 is 24.5 Å². The molecule has 71 heavy (non-hydrogen) atoms. The van der Waals surface area contributed by atoms with Crippen molar-refractivity contribution in [2.75, 3.05) is 13.2 Å². The van der Waals surface area contributed by atoms with Crippen LogP contribution in [0, 0.1) is 0 Å². The average molecular weight is 997 g/mol. The van der Waals surface area contributed by atoms with Crippen LogP contribution in [0.3, 0.4) is 0 Å². The number of amides is 1. The number of aliphatic hydroxyl groups excluding tert-OH is 2. The van der Waals surface area contributed by atoms with Crippen molar-refractivity contribution in [2.24, 2.45) is 0 Å². The topological polar surface area (TPSA) is 95.9 Å². The van der Waals surface area contributed by atoms with Gasteiger partial charge in [-0.2, -0.15) is 0 Å². The van der Waals surface area contributed by atoms with Gasteiger partial charge in [0.05, 0.1) is 25.4 Å². The van der Waals surface area contributed by atoms with E-state index in [0.717, 1.165) is 64.2 Å². The van der Waals surface area contributed by atoms with Crippen molar-refractivity contribution in [3.05, 3.63) is 48.6 Å². The molecule has 0 aliphatic rings. The highest BCUT2D eigenvalue weighted by molar-refractivity contribution is 5.76. The van der Waals surface area contributed by atoms with E-state index in [1.165, 1.54) is 238 Å². The molecule has 2 atom stereocenters. The van der Waals surface area contributed by atoms with Crippen molar-refractivity contribution in [1.29, 1.82) is 0 Å². The molecular weight excluding hydrogens is 875 g/mol. The van der Waals surface area contributed by atoms with E-state index in [1.807, 2.05) is 6.08 Å². The zero-order valence-electron chi connectivity index (χ0n) is 47.5. The van der Waals surface area contributed by atoms with Crippen LogP contribution in [0.4, 0.5) is 0 Å². The monoisotopic (exact) mass is 996 g/mol. The number of hydrogen-bond acceptors (Lipinski definition) is 5. The minimum absolute atomic E-state index is 0.00301. The minimum atomic E-state index is -0.852. The van der Waals surface area contributed by atoms with Gasteiger partial charge in [0.25, 0.3) is 0 Å². The molecule has 6 heteroatoms. The SMILES string of the molecule is CCCCCC/C=C\CCCCCCCC(=O)OCCCCCCCCCCC/C=C\C/C=C\CCCCCCCCCC(=O)NC(CO)C(O)/C=C/CCCCCCCCCCCCCCCCCC. The lowest BCUT2D eigenvalue weighted by atomic mass is 10.0. The molecule has 416 valence electrons. The largest absolute Gasteiger partial charge is 0.466 e. The quantitative estimate of drug-likeness (QED) is 0.0321. The van der Waals surface area contributed by atoms with Gasteiger partial charge in [-0.1, -0.05) is 274 Å². The molecule has 0 fully saturated rings. The van der Waals surface area contributed by atoms with E-state index in [-0.39, 0.29) is 18.5 Å². The van der Waals surface area contributed by atoms with Gasteiger partial charge in [-0.3, -0.25) is 9.59 Å². The number of hydrogen-bond donors (Lipinski definition) is 3. The van der Waals surface area contributed by atoms with E-state index < -0.39 is 12.1 Å². The van der Waals surface area contributed by atoms with Crippen molar-refractivity contribution in [3.8, 4) is 0 Å². The number of ether oxygens (including phenoxy) is 1. The second-order valence-electron chi connectivity index (χ2n) is 21.4.